The maximum absolute atomic E-state index is 12.3. The number of nitrogens with one attached hydrogen (secondary N) is 3. The van der Waals surface area contributed by atoms with E-state index in [1.807, 2.05) is 35.2 Å². The Hall–Kier alpha value is -1.79. The molecule has 7 heteroatoms. The number of piperidine rings is 1. The molecular formula is C19H29ClN4O2. The second-order valence-corrected chi connectivity index (χ2v) is 7.02. The average Bonchev–Trinajstić information content (AvgIpc) is 3.15. The highest BCUT2D eigenvalue weighted by Crippen LogP contribution is 2.16. The molecule has 3 rings (SSSR count). The lowest BCUT2D eigenvalue weighted by atomic mass is 10.0. The van der Waals surface area contributed by atoms with E-state index in [0.29, 0.717) is 25.4 Å². The van der Waals surface area contributed by atoms with E-state index in [-0.39, 0.29) is 30.4 Å². The number of halogens is 1. The van der Waals surface area contributed by atoms with Crippen LogP contribution in [0.5, 0.6) is 0 Å². The van der Waals surface area contributed by atoms with E-state index in [9.17, 15) is 9.59 Å². The predicted molar refractivity (Wildman–Crippen MR) is 106 cm³/mol. The fourth-order valence-corrected chi connectivity index (χ4v) is 3.55. The van der Waals surface area contributed by atoms with Crippen LogP contribution < -0.4 is 16.0 Å². The smallest absolute Gasteiger partial charge is 0.321 e. The maximum Gasteiger partial charge on any atom is 0.321 e. The molecule has 0 saturated carbocycles. The third-order valence-electron chi connectivity index (χ3n) is 5.11. The number of para-hydroxylation sites is 1. The average molecular weight is 381 g/mol. The van der Waals surface area contributed by atoms with Crippen LogP contribution in [0.4, 0.5) is 10.5 Å². The third-order valence-corrected chi connectivity index (χ3v) is 5.11. The summed E-state index contributed by atoms with van der Waals surface area (Å²) < 4.78 is 0. The van der Waals surface area contributed by atoms with Crippen molar-refractivity contribution in [2.45, 2.75) is 38.1 Å². The molecule has 0 aromatic heterocycles. The number of hydrogen-bond donors (Lipinski definition) is 3. The summed E-state index contributed by atoms with van der Waals surface area (Å²) in [5, 5.41) is 9.38. The number of nitrogens with zero attached hydrogens (tertiary/aromatic N) is 1. The number of amides is 3. The number of rotatable bonds is 5. The van der Waals surface area contributed by atoms with Gasteiger partial charge >= 0.3 is 6.03 Å². The molecule has 2 aliphatic rings. The van der Waals surface area contributed by atoms with Crippen molar-refractivity contribution in [3.8, 4) is 0 Å². The lowest BCUT2D eigenvalue weighted by Gasteiger charge is -2.32. The van der Waals surface area contributed by atoms with E-state index in [2.05, 4.69) is 16.0 Å². The summed E-state index contributed by atoms with van der Waals surface area (Å²) in [5.74, 6) is 0.799. The highest BCUT2D eigenvalue weighted by Gasteiger charge is 2.24. The van der Waals surface area contributed by atoms with Gasteiger partial charge in [-0.1, -0.05) is 18.2 Å². The van der Waals surface area contributed by atoms with Gasteiger partial charge in [-0.2, -0.15) is 0 Å². The standard InChI is InChI=1S/C19H28N4O2.ClH/c24-18(7-6-15-8-11-20-14-15)21-17-9-12-23(13-10-17)19(25)22-16-4-2-1-3-5-16;/h1-5,15,17,20H,6-14H2,(H,21,24)(H,22,25);1H. The molecular weight excluding hydrogens is 352 g/mol. The molecule has 2 aliphatic heterocycles. The molecule has 2 fully saturated rings. The molecule has 0 radical (unpaired) electrons. The van der Waals surface area contributed by atoms with Crippen LogP contribution in [0.15, 0.2) is 30.3 Å². The number of anilines is 1. The van der Waals surface area contributed by atoms with Crippen LogP contribution in [0.3, 0.4) is 0 Å². The minimum absolute atomic E-state index is 0. The second kappa shape index (κ2) is 10.4. The van der Waals surface area contributed by atoms with Crippen LogP contribution in [0.2, 0.25) is 0 Å². The van der Waals surface area contributed by atoms with Gasteiger partial charge < -0.3 is 20.9 Å². The van der Waals surface area contributed by atoms with E-state index in [1.54, 1.807) is 0 Å². The molecule has 0 aliphatic carbocycles. The fraction of sp³-hybridized carbons (Fsp3) is 0.579. The predicted octanol–water partition coefficient (Wildman–Crippen LogP) is 2.61. The van der Waals surface area contributed by atoms with Gasteiger partial charge in [0.15, 0.2) is 0 Å². The van der Waals surface area contributed by atoms with Crippen molar-refractivity contribution in [3.05, 3.63) is 30.3 Å². The van der Waals surface area contributed by atoms with E-state index >= 15 is 0 Å². The van der Waals surface area contributed by atoms with Crippen LogP contribution in [-0.2, 0) is 4.79 Å². The zero-order chi connectivity index (χ0) is 17.5. The molecule has 3 N–H and O–H groups in total. The quantitative estimate of drug-likeness (QED) is 0.735. The van der Waals surface area contributed by atoms with Crippen molar-refractivity contribution in [2.24, 2.45) is 5.92 Å². The van der Waals surface area contributed by atoms with Crippen LogP contribution in [0, 0.1) is 5.92 Å². The lowest BCUT2D eigenvalue weighted by molar-refractivity contribution is -0.122. The molecule has 26 heavy (non-hydrogen) atoms. The molecule has 1 aromatic rings. The van der Waals surface area contributed by atoms with E-state index in [1.165, 1.54) is 6.42 Å². The first-order valence-electron chi connectivity index (χ1n) is 9.32. The number of carbonyl (C=O) groups excluding carboxylic acids is 2. The Kier molecular flexibility index (Phi) is 8.19. The summed E-state index contributed by atoms with van der Waals surface area (Å²) in [4.78, 5) is 26.2. The summed E-state index contributed by atoms with van der Waals surface area (Å²) >= 11 is 0. The lowest BCUT2D eigenvalue weighted by Crippen LogP contribution is -2.47. The Morgan fingerprint density at radius 1 is 1.12 bits per heavy atom. The van der Waals surface area contributed by atoms with E-state index in [0.717, 1.165) is 38.0 Å². The first-order chi connectivity index (χ1) is 12.2. The van der Waals surface area contributed by atoms with Gasteiger partial charge in [-0.15, -0.1) is 12.4 Å². The van der Waals surface area contributed by atoms with Crippen molar-refractivity contribution < 1.29 is 9.59 Å². The number of likely N-dealkylation sites (tertiary alicyclic amines) is 1. The molecule has 1 unspecified atom stereocenters. The van der Waals surface area contributed by atoms with Crippen LogP contribution in [0.25, 0.3) is 0 Å². The molecule has 0 bridgehead atoms. The van der Waals surface area contributed by atoms with Crippen molar-refractivity contribution in [2.75, 3.05) is 31.5 Å². The number of carbonyl (C=O) groups is 2. The minimum atomic E-state index is -0.0651. The van der Waals surface area contributed by atoms with Gasteiger partial charge in [0.05, 0.1) is 0 Å². The molecule has 2 heterocycles. The molecule has 2 saturated heterocycles. The first-order valence-corrected chi connectivity index (χ1v) is 9.32. The SMILES string of the molecule is Cl.O=C(CCC1CCNC1)NC1CCN(C(=O)Nc2ccccc2)CC1. The summed E-state index contributed by atoms with van der Waals surface area (Å²) in [7, 11) is 0. The first kappa shape index (κ1) is 20.5. The highest BCUT2D eigenvalue weighted by atomic mass is 35.5. The topological polar surface area (TPSA) is 73.5 Å². The molecule has 6 nitrogen and oxygen atoms in total. The van der Waals surface area contributed by atoms with Crippen molar-refractivity contribution in [3.63, 3.8) is 0 Å². The maximum atomic E-state index is 12.3. The second-order valence-electron chi connectivity index (χ2n) is 7.02. The zero-order valence-corrected chi connectivity index (χ0v) is 15.9. The summed E-state index contributed by atoms with van der Waals surface area (Å²) in [5.41, 5.74) is 0.810. The van der Waals surface area contributed by atoms with Gasteiger partial charge in [0.2, 0.25) is 5.91 Å². The van der Waals surface area contributed by atoms with Crippen molar-refractivity contribution in [1.29, 1.82) is 0 Å². The normalized spacial score (nSPS) is 20.3. The molecule has 144 valence electrons. The Balaban J connectivity index is 0.00000243. The fourth-order valence-electron chi connectivity index (χ4n) is 3.55. The summed E-state index contributed by atoms with van der Waals surface area (Å²) in [6.45, 7) is 3.48. The minimum Gasteiger partial charge on any atom is -0.353 e. The summed E-state index contributed by atoms with van der Waals surface area (Å²) in [6.07, 6.45) is 4.40. The number of benzene rings is 1. The van der Waals surface area contributed by atoms with Crippen molar-refractivity contribution >= 4 is 30.0 Å². The molecule has 1 atom stereocenters. The Morgan fingerprint density at radius 2 is 1.85 bits per heavy atom. The van der Waals surface area contributed by atoms with Gasteiger partial charge in [0.25, 0.3) is 0 Å². The monoisotopic (exact) mass is 380 g/mol. The zero-order valence-electron chi connectivity index (χ0n) is 15.1. The number of urea groups is 1. The van der Waals surface area contributed by atoms with E-state index in [4.69, 9.17) is 0 Å². The van der Waals surface area contributed by atoms with Crippen LogP contribution >= 0.6 is 12.4 Å². The van der Waals surface area contributed by atoms with E-state index < -0.39 is 0 Å². The Morgan fingerprint density at radius 3 is 2.50 bits per heavy atom. The summed E-state index contributed by atoms with van der Waals surface area (Å²) in [6, 6.07) is 9.61. The third kappa shape index (κ3) is 6.18. The largest absolute Gasteiger partial charge is 0.353 e. The molecule has 3 amide bonds. The van der Waals surface area contributed by atoms with Gasteiger partial charge in [-0.25, -0.2) is 4.79 Å². The van der Waals surface area contributed by atoms with Gasteiger partial charge in [-0.3, -0.25) is 4.79 Å². The van der Waals surface area contributed by atoms with Crippen molar-refractivity contribution in [1.82, 2.24) is 15.5 Å². The van der Waals surface area contributed by atoms with Gasteiger partial charge in [0.1, 0.15) is 0 Å². The van der Waals surface area contributed by atoms with Crippen LogP contribution in [-0.4, -0.2) is 49.1 Å². The molecule has 1 aromatic carbocycles. The Bertz CT molecular complexity index is 570. The Labute approximate surface area is 161 Å². The number of hydrogen-bond acceptors (Lipinski definition) is 3. The van der Waals surface area contributed by atoms with Gasteiger partial charge in [-0.05, 0) is 56.8 Å². The highest BCUT2D eigenvalue weighted by molar-refractivity contribution is 5.89. The van der Waals surface area contributed by atoms with Gasteiger partial charge in [0, 0.05) is 31.2 Å². The van der Waals surface area contributed by atoms with Crippen LogP contribution in [0.1, 0.15) is 32.1 Å². The molecule has 0 spiro atoms.